The quantitative estimate of drug-likeness (QED) is 0.680. The predicted molar refractivity (Wildman–Crippen MR) is 128 cm³/mol. The van der Waals surface area contributed by atoms with Crippen LogP contribution < -0.4 is 5.32 Å². The minimum Gasteiger partial charge on any atom is -0.343 e. The van der Waals surface area contributed by atoms with Crippen molar-refractivity contribution in [2.75, 3.05) is 19.6 Å². The van der Waals surface area contributed by atoms with Gasteiger partial charge in [-0.1, -0.05) is 68.4 Å². The van der Waals surface area contributed by atoms with E-state index in [0.717, 1.165) is 17.5 Å². The third-order valence-electron chi connectivity index (χ3n) is 6.73. The minimum absolute atomic E-state index is 0.0423. The molecule has 3 atom stereocenters. The number of carbonyl (C=O) groups is 3. The first-order valence-electron chi connectivity index (χ1n) is 12.0. The van der Waals surface area contributed by atoms with E-state index in [1.165, 1.54) is 15.4 Å². The number of benzene rings is 2. The van der Waals surface area contributed by atoms with Crippen LogP contribution in [0.15, 0.2) is 54.6 Å². The van der Waals surface area contributed by atoms with Crippen LogP contribution in [0.4, 0.5) is 4.39 Å². The molecular formula is C27H32FN3O3. The van der Waals surface area contributed by atoms with Crippen molar-refractivity contribution in [1.82, 2.24) is 15.1 Å². The Labute approximate surface area is 200 Å². The maximum absolute atomic E-state index is 14.4. The summed E-state index contributed by atoms with van der Waals surface area (Å²) in [6, 6.07) is 16.4. The lowest BCUT2D eigenvalue weighted by molar-refractivity contribution is -0.142. The third-order valence-corrected chi connectivity index (χ3v) is 6.73. The Morgan fingerprint density at radius 1 is 1.03 bits per heavy atom. The van der Waals surface area contributed by atoms with Crippen LogP contribution in [-0.2, 0) is 14.4 Å². The molecule has 2 aliphatic rings. The fraction of sp³-hybridized carbons (Fsp3) is 0.444. The summed E-state index contributed by atoms with van der Waals surface area (Å²) in [4.78, 5) is 41.0. The van der Waals surface area contributed by atoms with Gasteiger partial charge in [-0.25, -0.2) is 4.39 Å². The topological polar surface area (TPSA) is 69.7 Å². The van der Waals surface area contributed by atoms with Crippen LogP contribution in [0.25, 0.3) is 0 Å². The number of carbonyl (C=O) groups excluding carboxylic acids is 3. The summed E-state index contributed by atoms with van der Waals surface area (Å²) in [6.45, 7) is 4.55. The molecule has 2 aliphatic heterocycles. The Morgan fingerprint density at radius 2 is 1.68 bits per heavy atom. The number of nitrogens with one attached hydrogen (secondary N) is 1. The maximum Gasteiger partial charge on any atom is 0.243 e. The van der Waals surface area contributed by atoms with Crippen molar-refractivity contribution in [3.8, 4) is 0 Å². The number of nitrogens with zero attached hydrogens (tertiary/aromatic N) is 2. The Bertz CT molecular complexity index is 1030. The first-order valence-corrected chi connectivity index (χ1v) is 12.0. The van der Waals surface area contributed by atoms with Crippen LogP contribution in [0.1, 0.15) is 61.8 Å². The van der Waals surface area contributed by atoms with Crippen LogP contribution in [0, 0.1) is 0 Å². The van der Waals surface area contributed by atoms with Gasteiger partial charge < -0.3 is 15.1 Å². The molecule has 0 radical (unpaired) electrons. The molecule has 2 heterocycles. The molecule has 34 heavy (non-hydrogen) atoms. The van der Waals surface area contributed by atoms with Gasteiger partial charge in [-0.2, -0.15) is 0 Å². The van der Waals surface area contributed by atoms with Crippen LogP contribution in [-0.4, -0.2) is 59.4 Å². The van der Waals surface area contributed by atoms with E-state index in [9.17, 15) is 18.8 Å². The Balaban J connectivity index is 1.53. The number of hydrogen-bond donors (Lipinski definition) is 1. The van der Waals surface area contributed by atoms with Gasteiger partial charge in [0.25, 0.3) is 0 Å². The summed E-state index contributed by atoms with van der Waals surface area (Å²) in [7, 11) is 0. The second-order valence-corrected chi connectivity index (χ2v) is 9.49. The second kappa shape index (κ2) is 10.4. The van der Waals surface area contributed by atoms with Gasteiger partial charge in [0.2, 0.25) is 17.7 Å². The number of rotatable bonds is 7. The molecule has 2 aromatic carbocycles. The highest BCUT2D eigenvalue weighted by molar-refractivity contribution is 5.91. The predicted octanol–water partition coefficient (Wildman–Crippen LogP) is 3.58. The third kappa shape index (κ3) is 5.29. The van der Waals surface area contributed by atoms with E-state index < -0.39 is 18.3 Å². The number of amides is 3. The SMILES string of the molecule is CC(C)c1ccc(C(NC(=O)C2CC(F)CN2C(=O)CN2CCCC2=O)c2ccccc2)cc1. The summed E-state index contributed by atoms with van der Waals surface area (Å²) in [5.41, 5.74) is 3.02. The molecule has 2 saturated heterocycles. The van der Waals surface area contributed by atoms with Gasteiger partial charge in [0, 0.05) is 19.4 Å². The second-order valence-electron chi connectivity index (χ2n) is 9.49. The lowest BCUT2D eigenvalue weighted by atomic mass is 9.95. The van der Waals surface area contributed by atoms with E-state index in [1.54, 1.807) is 0 Å². The largest absolute Gasteiger partial charge is 0.343 e. The molecule has 6 nitrogen and oxygen atoms in total. The zero-order valence-corrected chi connectivity index (χ0v) is 19.7. The van der Waals surface area contributed by atoms with Gasteiger partial charge in [-0.05, 0) is 29.0 Å². The van der Waals surface area contributed by atoms with Gasteiger partial charge >= 0.3 is 0 Å². The first-order chi connectivity index (χ1) is 16.3. The maximum atomic E-state index is 14.4. The van der Waals surface area contributed by atoms with Crippen LogP contribution in [0.3, 0.4) is 0 Å². The molecule has 3 amide bonds. The highest BCUT2D eigenvalue weighted by atomic mass is 19.1. The first kappa shape index (κ1) is 23.9. The van der Waals surface area contributed by atoms with Crippen molar-refractivity contribution in [3.05, 3.63) is 71.3 Å². The smallest absolute Gasteiger partial charge is 0.243 e. The van der Waals surface area contributed by atoms with Crippen molar-refractivity contribution in [1.29, 1.82) is 0 Å². The fourth-order valence-electron chi connectivity index (χ4n) is 4.75. The molecule has 0 aliphatic carbocycles. The molecular weight excluding hydrogens is 433 g/mol. The zero-order valence-electron chi connectivity index (χ0n) is 19.7. The molecule has 4 rings (SSSR count). The summed E-state index contributed by atoms with van der Waals surface area (Å²) < 4.78 is 14.4. The van der Waals surface area contributed by atoms with Crippen molar-refractivity contribution in [2.24, 2.45) is 0 Å². The van der Waals surface area contributed by atoms with Gasteiger partial charge in [0.15, 0.2) is 0 Å². The highest BCUT2D eigenvalue weighted by Gasteiger charge is 2.41. The van der Waals surface area contributed by atoms with E-state index in [0.29, 0.717) is 18.9 Å². The standard InChI is InChI=1S/C27H32FN3O3/c1-18(2)19-10-12-21(13-11-19)26(20-7-4-3-5-8-20)29-27(34)23-15-22(28)16-31(23)25(33)17-30-14-6-9-24(30)32/h3-5,7-8,10-13,18,22-23,26H,6,9,14-17H2,1-2H3,(H,29,34). The number of alkyl halides is 1. The monoisotopic (exact) mass is 465 g/mol. The molecule has 3 unspecified atom stereocenters. The van der Waals surface area contributed by atoms with E-state index >= 15 is 0 Å². The summed E-state index contributed by atoms with van der Waals surface area (Å²) >= 11 is 0. The molecule has 1 N–H and O–H groups in total. The molecule has 0 spiro atoms. The molecule has 2 aromatic rings. The van der Waals surface area contributed by atoms with Crippen LogP contribution in [0.5, 0.6) is 0 Å². The van der Waals surface area contributed by atoms with Crippen molar-refractivity contribution >= 4 is 17.7 Å². The average molecular weight is 466 g/mol. The lowest BCUT2D eigenvalue weighted by Crippen LogP contribution is -2.49. The Kier molecular flexibility index (Phi) is 7.29. The van der Waals surface area contributed by atoms with Gasteiger partial charge in [0.05, 0.1) is 19.1 Å². The van der Waals surface area contributed by atoms with Crippen molar-refractivity contribution < 1.29 is 18.8 Å². The lowest BCUT2D eigenvalue weighted by Gasteiger charge is -2.28. The van der Waals surface area contributed by atoms with E-state index in [-0.39, 0.29) is 37.2 Å². The molecule has 180 valence electrons. The van der Waals surface area contributed by atoms with E-state index in [1.807, 2.05) is 42.5 Å². The van der Waals surface area contributed by atoms with Crippen molar-refractivity contribution in [3.63, 3.8) is 0 Å². The van der Waals surface area contributed by atoms with E-state index in [2.05, 4.69) is 31.3 Å². The van der Waals surface area contributed by atoms with Gasteiger partial charge in [0.1, 0.15) is 12.2 Å². The highest BCUT2D eigenvalue weighted by Crippen LogP contribution is 2.27. The molecule has 7 heteroatoms. The van der Waals surface area contributed by atoms with E-state index in [4.69, 9.17) is 0 Å². The summed E-state index contributed by atoms with van der Waals surface area (Å²) in [5, 5.41) is 3.07. The van der Waals surface area contributed by atoms with Crippen LogP contribution in [0.2, 0.25) is 0 Å². The Hall–Kier alpha value is -3.22. The minimum atomic E-state index is -1.27. The number of likely N-dealkylation sites (tertiary alicyclic amines) is 2. The average Bonchev–Trinajstić information content (AvgIpc) is 3.43. The van der Waals surface area contributed by atoms with Crippen LogP contribution >= 0.6 is 0 Å². The van der Waals surface area contributed by atoms with Crippen molar-refractivity contribution in [2.45, 2.75) is 57.3 Å². The van der Waals surface area contributed by atoms with Gasteiger partial charge in [-0.15, -0.1) is 0 Å². The number of halogens is 1. The molecule has 0 saturated carbocycles. The Morgan fingerprint density at radius 3 is 2.29 bits per heavy atom. The molecule has 0 aromatic heterocycles. The normalized spacial score (nSPS) is 21.2. The van der Waals surface area contributed by atoms with Gasteiger partial charge in [-0.3, -0.25) is 14.4 Å². The molecule has 2 fully saturated rings. The molecule has 0 bridgehead atoms. The fourth-order valence-corrected chi connectivity index (χ4v) is 4.75. The number of hydrogen-bond acceptors (Lipinski definition) is 3. The zero-order chi connectivity index (χ0) is 24.2. The summed E-state index contributed by atoms with van der Waals surface area (Å²) in [6.07, 6.45) is -0.165. The summed E-state index contributed by atoms with van der Waals surface area (Å²) in [5.74, 6) is -0.448.